The molecule has 1 fully saturated rings. The Kier molecular flexibility index (Phi) is 5.24. The second kappa shape index (κ2) is 5.91. The molecule has 1 saturated carbocycles. The first-order chi connectivity index (χ1) is 8.24. The molecule has 0 heterocycles. The Morgan fingerprint density at radius 1 is 1.33 bits per heavy atom. The fraction of sp³-hybridized carbons (Fsp3) is 1.00. The zero-order chi connectivity index (χ0) is 14.0. The summed E-state index contributed by atoms with van der Waals surface area (Å²) in [5.41, 5.74) is 0. The van der Waals surface area contributed by atoms with E-state index in [-0.39, 0.29) is 6.04 Å². The first-order valence-electron chi connectivity index (χ1n) is 7.10. The quantitative estimate of drug-likeness (QED) is 0.839. The Labute approximate surface area is 113 Å². The van der Waals surface area contributed by atoms with Crippen LogP contribution >= 0.6 is 0 Å². The summed E-state index contributed by atoms with van der Waals surface area (Å²) in [4.78, 5) is 0. The van der Waals surface area contributed by atoms with E-state index in [1.54, 1.807) is 0 Å². The van der Waals surface area contributed by atoms with Crippen LogP contribution in [0.2, 0.25) is 0 Å². The molecule has 0 bridgehead atoms. The fourth-order valence-corrected chi connectivity index (χ4v) is 4.16. The normalized spacial score (nSPS) is 28.1. The van der Waals surface area contributed by atoms with Gasteiger partial charge in [-0.05, 0) is 45.6 Å². The van der Waals surface area contributed by atoms with Crippen molar-refractivity contribution < 1.29 is 8.42 Å². The molecule has 0 aromatic heterocycles. The minimum atomic E-state index is -3.05. The zero-order valence-electron chi connectivity index (χ0n) is 12.5. The number of rotatable bonds is 5. The smallest absolute Gasteiger partial charge is 0.154 e. The predicted octanol–water partition coefficient (Wildman–Crippen LogP) is 2.61. The molecule has 1 rings (SSSR count). The molecule has 18 heavy (non-hydrogen) atoms. The summed E-state index contributed by atoms with van der Waals surface area (Å²) in [6.07, 6.45) is 7.44. The van der Waals surface area contributed by atoms with Gasteiger partial charge in [0, 0.05) is 12.3 Å². The number of sulfone groups is 1. The minimum absolute atomic E-state index is 0.0573. The summed E-state index contributed by atoms with van der Waals surface area (Å²) in [6, 6.07) is 0.0573. The lowest BCUT2D eigenvalue weighted by atomic mass is 9.74. The maximum absolute atomic E-state index is 12.0. The van der Waals surface area contributed by atoms with Crippen LogP contribution in [0.5, 0.6) is 0 Å². The molecule has 0 spiro atoms. The monoisotopic (exact) mass is 275 g/mol. The van der Waals surface area contributed by atoms with E-state index in [1.165, 1.54) is 31.9 Å². The highest BCUT2D eigenvalue weighted by Crippen LogP contribution is 2.37. The molecule has 4 heteroatoms. The average molecular weight is 275 g/mol. The van der Waals surface area contributed by atoms with Crippen molar-refractivity contribution in [2.45, 2.75) is 63.7 Å². The Morgan fingerprint density at radius 3 is 2.39 bits per heavy atom. The summed E-state index contributed by atoms with van der Waals surface area (Å²) in [7, 11) is -1.15. The molecule has 0 aromatic carbocycles. The van der Waals surface area contributed by atoms with Gasteiger partial charge in [-0.1, -0.05) is 26.2 Å². The van der Waals surface area contributed by atoms with E-state index < -0.39 is 14.6 Å². The lowest BCUT2D eigenvalue weighted by Crippen LogP contribution is -2.55. The molecule has 1 aliphatic carbocycles. The Balaban J connectivity index is 2.89. The van der Waals surface area contributed by atoms with Crippen LogP contribution in [0, 0.1) is 11.8 Å². The Morgan fingerprint density at radius 2 is 1.94 bits per heavy atom. The van der Waals surface area contributed by atoms with Gasteiger partial charge in [0.2, 0.25) is 0 Å². The zero-order valence-corrected chi connectivity index (χ0v) is 13.3. The second-order valence-electron chi connectivity index (χ2n) is 6.34. The highest BCUT2D eigenvalue weighted by atomic mass is 32.2. The van der Waals surface area contributed by atoms with Crippen molar-refractivity contribution in [2.24, 2.45) is 11.8 Å². The minimum Gasteiger partial charge on any atom is -0.315 e. The third-order valence-corrected chi connectivity index (χ3v) is 7.05. The van der Waals surface area contributed by atoms with Crippen molar-refractivity contribution in [2.75, 3.05) is 13.3 Å². The van der Waals surface area contributed by atoms with Crippen LogP contribution < -0.4 is 5.32 Å². The highest BCUT2D eigenvalue weighted by Gasteiger charge is 2.43. The lowest BCUT2D eigenvalue weighted by Gasteiger charge is -2.41. The van der Waals surface area contributed by atoms with Gasteiger partial charge in [-0.3, -0.25) is 0 Å². The molecule has 0 aliphatic heterocycles. The van der Waals surface area contributed by atoms with Gasteiger partial charge < -0.3 is 5.32 Å². The van der Waals surface area contributed by atoms with E-state index in [2.05, 4.69) is 12.2 Å². The van der Waals surface area contributed by atoms with Crippen molar-refractivity contribution in [3.8, 4) is 0 Å². The van der Waals surface area contributed by atoms with Crippen LogP contribution in [0.25, 0.3) is 0 Å². The number of nitrogens with one attached hydrogen (secondary N) is 1. The van der Waals surface area contributed by atoms with Gasteiger partial charge in [-0.25, -0.2) is 8.42 Å². The summed E-state index contributed by atoms with van der Waals surface area (Å²) in [5.74, 6) is 1.26. The fourth-order valence-electron chi connectivity index (χ4n) is 3.39. The van der Waals surface area contributed by atoms with Gasteiger partial charge in [-0.15, -0.1) is 0 Å². The highest BCUT2D eigenvalue weighted by molar-refractivity contribution is 7.92. The second-order valence-corrected chi connectivity index (χ2v) is 8.94. The molecule has 1 aliphatic rings. The average Bonchev–Trinajstić information content (AvgIpc) is 2.28. The molecule has 0 amide bonds. The van der Waals surface area contributed by atoms with Gasteiger partial charge in [-0.2, -0.15) is 0 Å². The van der Waals surface area contributed by atoms with Gasteiger partial charge in [0.1, 0.15) is 0 Å². The maximum Gasteiger partial charge on any atom is 0.154 e. The van der Waals surface area contributed by atoms with E-state index >= 15 is 0 Å². The maximum atomic E-state index is 12.0. The van der Waals surface area contributed by atoms with Crippen LogP contribution in [0.15, 0.2) is 0 Å². The molecule has 0 saturated heterocycles. The van der Waals surface area contributed by atoms with Crippen LogP contribution in [0.4, 0.5) is 0 Å². The van der Waals surface area contributed by atoms with Gasteiger partial charge >= 0.3 is 0 Å². The SMILES string of the molecule is CCC1CCCC(C(NC)C(C)(C)S(C)(=O)=O)C1. The number of hydrogen-bond acceptors (Lipinski definition) is 3. The predicted molar refractivity (Wildman–Crippen MR) is 77.5 cm³/mol. The summed E-state index contributed by atoms with van der Waals surface area (Å²) in [5, 5.41) is 3.28. The van der Waals surface area contributed by atoms with E-state index in [0.29, 0.717) is 5.92 Å². The van der Waals surface area contributed by atoms with Crippen molar-refractivity contribution in [1.29, 1.82) is 0 Å². The molecular formula is C14H29NO2S. The topological polar surface area (TPSA) is 46.2 Å². The van der Waals surface area contributed by atoms with E-state index in [0.717, 1.165) is 12.3 Å². The van der Waals surface area contributed by atoms with Gasteiger partial charge in [0.15, 0.2) is 9.84 Å². The molecule has 3 nitrogen and oxygen atoms in total. The standard InChI is InChI=1S/C14H29NO2S/c1-6-11-8-7-9-12(10-11)13(15-4)14(2,3)18(5,16)17/h11-13,15H,6-10H2,1-5H3. The van der Waals surface area contributed by atoms with Crippen LogP contribution in [-0.2, 0) is 9.84 Å². The van der Waals surface area contributed by atoms with E-state index in [4.69, 9.17) is 0 Å². The van der Waals surface area contributed by atoms with Crippen LogP contribution in [-0.4, -0.2) is 32.5 Å². The molecule has 0 radical (unpaired) electrons. The molecule has 1 N–H and O–H groups in total. The summed E-state index contributed by atoms with van der Waals surface area (Å²) < 4.78 is 23.3. The Hall–Kier alpha value is -0.0900. The van der Waals surface area contributed by atoms with Crippen LogP contribution in [0.1, 0.15) is 52.9 Å². The molecule has 0 aromatic rings. The molecule has 108 valence electrons. The number of hydrogen-bond donors (Lipinski definition) is 1. The first-order valence-corrected chi connectivity index (χ1v) is 9.00. The third kappa shape index (κ3) is 3.27. The molecule has 3 atom stereocenters. The molecular weight excluding hydrogens is 246 g/mol. The van der Waals surface area contributed by atoms with Crippen molar-refractivity contribution in [3.63, 3.8) is 0 Å². The van der Waals surface area contributed by atoms with E-state index in [1.807, 2.05) is 20.9 Å². The first kappa shape index (κ1) is 16.0. The lowest BCUT2D eigenvalue weighted by molar-refractivity contribution is 0.192. The Bertz CT molecular complexity index is 362. The molecule has 3 unspecified atom stereocenters. The van der Waals surface area contributed by atoms with Crippen molar-refractivity contribution >= 4 is 9.84 Å². The third-order valence-electron chi connectivity index (χ3n) is 4.89. The largest absolute Gasteiger partial charge is 0.315 e. The van der Waals surface area contributed by atoms with E-state index in [9.17, 15) is 8.42 Å². The van der Waals surface area contributed by atoms with Gasteiger partial charge in [0.25, 0.3) is 0 Å². The van der Waals surface area contributed by atoms with Crippen molar-refractivity contribution in [3.05, 3.63) is 0 Å². The summed E-state index contributed by atoms with van der Waals surface area (Å²) >= 11 is 0. The van der Waals surface area contributed by atoms with Crippen LogP contribution in [0.3, 0.4) is 0 Å². The summed E-state index contributed by atoms with van der Waals surface area (Å²) in [6.45, 7) is 5.96. The van der Waals surface area contributed by atoms with Crippen molar-refractivity contribution in [1.82, 2.24) is 5.32 Å². The van der Waals surface area contributed by atoms with Gasteiger partial charge in [0.05, 0.1) is 4.75 Å².